The molecule has 3 aromatic rings. The van der Waals surface area contributed by atoms with Crippen molar-refractivity contribution in [1.29, 1.82) is 0 Å². The van der Waals surface area contributed by atoms with Crippen molar-refractivity contribution in [3.05, 3.63) is 53.8 Å². The molecule has 0 fully saturated rings. The zero-order valence-electron chi connectivity index (χ0n) is 15.5. The van der Waals surface area contributed by atoms with Crippen LogP contribution in [0.1, 0.15) is 30.9 Å². The molecule has 5 nitrogen and oxygen atoms in total. The van der Waals surface area contributed by atoms with Crippen LogP contribution in [0.3, 0.4) is 0 Å². The van der Waals surface area contributed by atoms with Gasteiger partial charge < -0.3 is 19.2 Å². The molecule has 136 valence electrons. The molecule has 0 bridgehead atoms. The van der Waals surface area contributed by atoms with Gasteiger partial charge >= 0.3 is 0 Å². The molecule has 1 aromatic heterocycles. The Bertz CT molecular complexity index is 927. The molecule has 0 unspecified atom stereocenters. The van der Waals surface area contributed by atoms with E-state index in [1.807, 2.05) is 6.07 Å². The highest BCUT2D eigenvalue weighted by molar-refractivity contribution is 5.96. The number of fused-ring (bicyclic) bond motifs is 1. The largest absolute Gasteiger partial charge is 0.497 e. The van der Waals surface area contributed by atoms with Crippen molar-refractivity contribution < 1.29 is 18.7 Å². The molecule has 0 radical (unpaired) electrons. The summed E-state index contributed by atoms with van der Waals surface area (Å²) in [6.45, 7) is 4.28. The third-order valence-electron chi connectivity index (χ3n) is 4.38. The molecule has 0 aliphatic carbocycles. The molecule has 0 atom stereocenters. The minimum Gasteiger partial charge on any atom is -0.497 e. The number of furan rings is 1. The normalized spacial score (nSPS) is 11.0. The van der Waals surface area contributed by atoms with Crippen molar-refractivity contribution in [2.24, 2.45) is 0 Å². The van der Waals surface area contributed by atoms with Crippen LogP contribution in [0.25, 0.3) is 11.0 Å². The number of ether oxygens (including phenoxy) is 2. The number of nitrogens with one attached hydrogen (secondary N) is 1. The highest BCUT2D eigenvalue weighted by atomic mass is 16.5. The van der Waals surface area contributed by atoms with E-state index < -0.39 is 0 Å². The Labute approximate surface area is 152 Å². The summed E-state index contributed by atoms with van der Waals surface area (Å²) in [5.74, 6) is 1.50. The molecular weight excluding hydrogens is 330 g/mol. The van der Waals surface area contributed by atoms with Gasteiger partial charge in [-0.25, -0.2) is 0 Å². The summed E-state index contributed by atoms with van der Waals surface area (Å²) in [6, 6.07) is 11.4. The topological polar surface area (TPSA) is 60.7 Å². The number of carbonyl (C=O) groups is 1. The Morgan fingerprint density at radius 1 is 1.12 bits per heavy atom. The molecule has 1 amide bonds. The van der Waals surface area contributed by atoms with Crippen molar-refractivity contribution in [1.82, 2.24) is 0 Å². The number of carbonyl (C=O) groups excluding carboxylic acids is 1. The molecule has 1 N–H and O–H groups in total. The predicted octanol–water partition coefficient (Wildman–Crippen LogP) is 4.75. The predicted molar refractivity (Wildman–Crippen MR) is 102 cm³/mol. The number of anilines is 1. The van der Waals surface area contributed by atoms with E-state index in [2.05, 4.69) is 31.3 Å². The highest BCUT2D eigenvalue weighted by Crippen LogP contribution is 2.30. The average Bonchev–Trinajstić information content (AvgIpc) is 3.04. The molecule has 1 heterocycles. The van der Waals surface area contributed by atoms with Crippen molar-refractivity contribution in [3.63, 3.8) is 0 Å². The van der Waals surface area contributed by atoms with Crippen LogP contribution in [-0.4, -0.2) is 20.1 Å². The minimum atomic E-state index is -0.133. The van der Waals surface area contributed by atoms with E-state index in [1.54, 1.807) is 38.7 Å². The maximum absolute atomic E-state index is 12.5. The molecule has 2 aromatic carbocycles. The van der Waals surface area contributed by atoms with Gasteiger partial charge in [0.25, 0.3) is 0 Å². The van der Waals surface area contributed by atoms with Gasteiger partial charge in [0.1, 0.15) is 17.1 Å². The lowest BCUT2D eigenvalue weighted by atomic mass is 10.00. The quantitative estimate of drug-likeness (QED) is 0.694. The lowest BCUT2D eigenvalue weighted by Gasteiger charge is -2.11. The summed E-state index contributed by atoms with van der Waals surface area (Å²) in [5.41, 5.74) is 3.48. The Morgan fingerprint density at radius 2 is 1.92 bits per heavy atom. The van der Waals surface area contributed by atoms with Crippen LogP contribution >= 0.6 is 0 Å². The van der Waals surface area contributed by atoms with E-state index in [4.69, 9.17) is 13.9 Å². The molecule has 0 aliphatic heterocycles. The van der Waals surface area contributed by atoms with Gasteiger partial charge in [-0.2, -0.15) is 0 Å². The molecule has 3 rings (SSSR count). The second-order valence-corrected chi connectivity index (χ2v) is 6.46. The second-order valence-electron chi connectivity index (χ2n) is 6.46. The van der Waals surface area contributed by atoms with Gasteiger partial charge in [-0.1, -0.05) is 19.9 Å². The molecular formula is C21H23NO4. The Morgan fingerprint density at radius 3 is 2.62 bits per heavy atom. The number of amides is 1. The molecule has 0 aliphatic rings. The first-order chi connectivity index (χ1) is 12.5. The van der Waals surface area contributed by atoms with E-state index >= 15 is 0 Å². The van der Waals surface area contributed by atoms with Crippen molar-refractivity contribution in [3.8, 4) is 11.5 Å². The number of benzene rings is 2. The zero-order chi connectivity index (χ0) is 18.7. The molecule has 0 spiro atoms. The summed E-state index contributed by atoms with van der Waals surface area (Å²) in [6.07, 6.45) is 1.88. The number of hydrogen-bond donors (Lipinski definition) is 1. The third-order valence-corrected chi connectivity index (χ3v) is 4.38. The lowest BCUT2D eigenvalue weighted by molar-refractivity contribution is -0.115. The zero-order valence-corrected chi connectivity index (χ0v) is 15.5. The van der Waals surface area contributed by atoms with Gasteiger partial charge in [0.05, 0.1) is 32.6 Å². The first kappa shape index (κ1) is 17.9. The maximum Gasteiger partial charge on any atom is 0.229 e. The van der Waals surface area contributed by atoms with Crippen molar-refractivity contribution in [2.75, 3.05) is 19.5 Å². The van der Waals surface area contributed by atoms with Gasteiger partial charge in [-0.15, -0.1) is 0 Å². The van der Waals surface area contributed by atoms with Crippen molar-refractivity contribution in [2.45, 2.75) is 26.2 Å². The van der Waals surface area contributed by atoms with Crippen LogP contribution in [-0.2, 0) is 11.2 Å². The summed E-state index contributed by atoms with van der Waals surface area (Å²) >= 11 is 0. The monoisotopic (exact) mass is 353 g/mol. The van der Waals surface area contributed by atoms with Crippen LogP contribution in [0, 0.1) is 0 Å². The van der Waals surface area contributed by atoms with Gasteiger partial charge in [0.15, 0.2) is 0 Å². The van der Waals surface area contributed by atoms with E-state index in [1.165, 1.54) is 5.56 Å². The summed E-state index contributed by atoms with van der Waals surface area (Å²) < 4.78 is 16.1. The smallest absolute Gasteiger partial charge is 0.229 e. The van der Waals surface area contributed by atoms with Gasteiger partial charge in [0, 0.05) is 17.0 Å². The van der Waals surface area contributed by atoms with Gasteiger partial charge in [0.2, 0.25) is 5.91 Å². The molecule has 0 saturated carbocycles. The summed E-state index contributed by atoms with van der Waals surface area (Å²) in [7, 11) is 3.14. The van der Waals surface area contributed by atoms with E-state index in [0.29, 0.717) is 23.1 Å². The molecule has 0 saturated heterocycles. The fourth-order valence-corrected chi connectivity index (χ4v) is 2.86. The number of hydrogen-bond acceptors (Lipinski definition) is 4. The van der Waals surface area contributed by atoms with Crippen LogP contribution in [0.2, 0.25) is 0 Å². The van der Waals surface area contributed by atoms with Crippen LogP contribution < -0.4 is 14.8 Å². The average molecular weight is 353 g/mol. The van der Waals surface area contributed by atoms with Crippen LogP contribution in [0.15, 0.2) is 47.1 Å². The van der Waals surface area contributed by atoms with Gasteiger partial charge in [-0.3, -0.25) is 4.79 Å². The number of methoxy groups -OCH3 is 2. The minimum absolute atomic E-state index is 0.133. The second kappa shape index (κ2) is 7.52. The van der Waals surface area contributed by atoms with Crippen LogP contribution in [0.5, 0.6) is 11.5 Å². The van der Waals surface area contributed by atoms with Crippen molar-refractivity contribution >= 4 is 22.6 Å². The van der Waals surface area contributed by atoms with Crippen LogP contribution in [0.4, 0.5) is 5.69 Å². The standard InChI is InChI=1S/C21H23NO4/c1-13(2)14-5-8-19-17(9-14)15(12-26-19)10-21(23)22-18-7-6-16(24-3)11-20(18)25-4/h5-9,11-13H,10H2,1-4H3,(H,22,23). The molecule has 26 heavy (non-hydrogen) atoms. The highest BCUT2D eigenvalue weighted by Gasteiger charge is 2.14. The summed E-state index contributed by atoms with van der Waals surface area (Å²) in [5, 5.41) is 3.87. The summed E-state index contributed by atoms with van der Waals surface area (Å²) in [4.78, 5) is 12.5. The Balaban J connectivity index is 1.80. The molecule has 5 heteroatoms. The van der Waals surface area contributed by atoms with E-state index in [9.17, 15) is 4.79 Å². The lowest BCUT2D eigenvalue weighted by Crippen LogP contribution is -2.14. The fraction of sp³-hybridized carbons (Fsp3) is 0.286. The fourth-order valence-electron chi connectivity index (χ4n) is 2.86. The Hall–Kier alpha value is -2.95. The maximum atomic E-state index is 12.5. The van der Waals surface area contributed by atoms with E-state index in [0.717, 1.165) is 16.5 Å². The third kappa shape index (κ3) is 3.67. The van der Waals surface area contributed by atoms with Gasteiger partial charge in [-0.05, 0) is 35.7 Å². The number of rotatable bonds is 6. The Kier molecular flexibility index (Phi) is 5.16. The first-order valence-corrected chi connectivity index (χ1v) is 8.53. The van der Waals surface area contributed by atoms with E-state index in [-0.39, 0.29) is 12.3 Å². The SMILES string of the molecule is COc1ccc(NC(=O)Cc2coc3ccc(C(C)C)cc23)c(OC)c1. The first-order valence-electron chi connectivity index (χ1n) is 8.53.